The fraction of sp³-hybridized carbons (Fsp3) is 0.333. The summed E-state index contributed by atoms with van der Waals surface area (Å²) < 4.78 is 6.46. The number of amides is 2. The Labute approximate surface area is 236 Å². The molecule has 0 saturated heterocycles. The van der Waals surface area contributed by atoms with E-state index in [1.165, 1.54) is 0 Å². The maximum atomic E-state index is 14.0. The van der Waals surface area contributed by atoms with Crippen LogP contribution in [0.4, 0.5) is 5.69 Å². The number of carbonyl (C=O) groups excluding carboxylic acids is 2. The molecule has 3 aromatic carbocycles. The van der Waals surface area contributed by atoms with Crippen LogP contribution in [0.25, 0.3) is 10.8 Å². The molecule has 0 aliphatic carbocycles. The third-order valence-electron chi connectivity index (χ3n) is 6.53. The minimum atomic E-state index is -1.65. The molecule has 0 bridgehead atoms. The normalized spacial score (nSPS) is 18.1. The van der Waals surface area contributed by atoms with Gasteiger partial charge in [-0.15, -0.1) is 0 Å². The summed E-state index contributed by atoms with van der Waals surface area (Å²) in [5.41, 5.74) is 1.69. The number of hydrogen-bond donors (Lipinski definition) is 3. The fourth-order valence-corrected chi connectivity index (χ4v) is 5.04. The summed E-state index contributed by atoms with van der Waals surface area (Å²) in [6.45, 7) is 6.25. The Kier molecular flexibility index (Phi) is 8.46. The van der Waals surface area contributed by atoms with Crippen LogP contribution in [-0.4, -0.2) is 52.7 Å². The molecule has 1 aliphatic heterocycles. The van der Waals surface area contributed by atoms with Crippen molar-refractivity contribution in [1.29, 1.82) is 0 Å². The van der Waals surface area contributed by atoms with Crippen LogP contribution >= 0.6 is 11.6 Å². The van der Waals surface area contributed by atoms with Gasteiger partial charge in [-0.2, -0.15) is 0 Å². The van der Waals surface area contributed by atoms with Gasteiger partial charge in [-0.25, -0.2) is 4.79 Å². The second kappa shape index (κ2) is 11.7. The van der Waals surface area contributed by atoms with E-state index in [0.717, 1.165) is 16.3 Å². The number of ether oxygens (including phenoxy) is 1. The zero-order valence-corrected chi connectivity index (χ0v) is 23.1. The lowest BCUT2D eigenvalue weighted by atomic mass is 9.93. The third-order valence-corrected chi connectivity index (χ3v) is 6.76. The van der Waals surface area contributed by atoms with Crippen molar-refractivity contribution in [2.45, 2.75) is 51.9 Å². The van der Waals surface area contributed by atoms with Gasteiger partial charge in [0, 0.05) is 22.8 Å². The summed E-state index contributed by atoms with van der Waals surface area (Å²) in [5, 5.41) is 23.0. The van der Waals surface area contributed by atoms with E-state index in [1.54, 1.807) is 23.1 Å². The fourth-order valence-electron chi connectivity index (χ4n) is 4.86. The number of carbonyl (C=O) groups is 4. The zero-order chi connectivity index (χ0) is 29.2. The van der Waals surface area contributed by atoms with E-state index < -0.39 is 54.8 Å². The van der Waals surface area contributed by atoms with Crippen LogP contribution in [0.5, 0.6) is 0 Å². The van der Waals surface area contributed by atoms with Crippen molar-refractivity contribution in [3.8, 4) is 0 Å². The lowest BCUT2D eigenvalue weighted by Gasteiger charge is -2.31. The number of benzene rings is 3. The van der Waals surface area contributed by atoms with Gasteiger partial charge in [-0.1, -0.05) is 74.8 Å². The van der Waals surface area contributed by atoms with Gasteiger partial charge in [-0.3, -0.25) is 14.4 Å². The number of hydrogen-bond acceptors (Lipinski definition) is 5. The minimum absolute atomic E-state index is 0.307. The number of rotatable bonds is 8. The van der Waals surface area contributed by atoms with Gasteiger partial charge in [-0.05, 0) is 39.9 Å². The molecule has 0 saturated carbocycles. The van der Waals surface area contributed by atoms with E-state index in [2.05, 4.69) is 5.32 Å². The summed E-state index contributed by atoms with van der Waals surface area (Å²) in [6.07, 6.45) is -3.40. The van der Waals surface area contributed by atoms with Crippen LogP contribution < -0.4 is 10.2 Å². The number of fused-ring (bicyclic) bond motifs is 2. The highest BCUT2D eigenvalue weighted by Gasteiger charge is 2.40. The number of nitrogens with one attached hydrogen (secondary N) is 1. The Bertz CT molecular complexity index is 1460. The van der Waals surface area contributed by atoms with Crippen molar-refractivity contribution < 1.29 is 34.1 Å². The second-order valence-corrected chi connectivity index (χ2v) is 11.5. The molecule has 0 aromatic heterocycles. The number of aliphatic carboxylic acids is 2. The van der Waals surface area contributed by atoms with E-state index in [9.17, 15) is 24.3 Å². The van der Waals surface area contributed by atoms with Gasteiger partial charge >= 0.3 is 11.9 Å². The Morgan fingerprint density at radius 1 is 1.02 bits per heavy atom. The van der Waals surface area contributed by atoms with Crippen LogP contribution in [0.2, 0.25) is 5.02 Å². The molecule has 9 nitrogen and oxygen atoms in total. The second-order valence-electron chi connectivity index (χ2n) is 11.0. The summed E-state index contributed by atoms with van der Waals surface area (Å²) >= 11 is 6.44. The van der Waals surface area contributed by atoms with Gasteiger partial charge < -0.3 is 25.2 Å². The number of nitrogens with zero attached hydrogens (tertiary/aromatic N) is 1. The molecule has 1 heterocycles. The van der Waals surface area contributed by atoms with Crippen molar-refractivity contribution >= 4 is 51.8 Å². The van der Waals surface area contributed by atoms with Crippen LogP contribution in [0.1, 0.15) is 50.8 Å². The predicted octanol–water partition coefficient (Wildman–Crippen LogP) is 4.79. The quantitative estimate of drug-likeness (QED) is 0.357. The number of carboxylic acids is 2. The Morgan fingerprint density at radius 3 is 2.40 bits per heavy atom. The first kappa shape index (κ1) is 29.0. The van der Waals surface area contributed by atoms with Gasteiger partial charge in [0.15, 0.2) is 0 Å². The summed E-state index contributed by atoms with van der Waals surface area (Å²) in [7, 11) is 0. The largest absolute Gasteiger partial charge is 0.481 e. The molecular formula is C30H31ClN2O7. The maximum Gasteiger partial charge on any atom is 0.326 e. The Morgan fingerprint density at radius 2 is 1.73 bits per heavy atom. The molecule has 0 fully saturated rings. The molecule has 1 aliphatic rings. The number of anilines is 1. The molecule has 0 unspecified atom stereocenters. The van der Waals surface area contributed by atoms with Crippen molar-refractivity contribution in [2.24, 2.45) is 5.41 Å². The van der Waals surface area contributed by atoms with Gasteiger partial charge in [0.05, 0.1) is 12.8 Å². The molecule has 3 aromatic rings. The lowest BCUT2D eigenvalue weighted by molar-refractivity contribution is -0.148. The molecule has 4 rings (SSSR count). The lowest BCUT2D eigenvalue weighted by Crippen LogP contribution is -2.47. The monoisotopic (exact) mass is 566 g/mol. The molecule has 3 N–H and O–H groups in total. The van der Waals surface area contributed by atoms with Crippen LogP contribution in [-0.2, 0) is 23.9 Å². The standard InChI is InChI=1S/C30H31ClN2O7/c1-30(2,3)16-33-23-12-11-18(31)13-21(23)27(20-10-6-8-17-7-4-5-9-19(17)20)40-24(28(33)37)15-25(34)32-22(29(38)39)14-26(35)36/h4-13,22,24,27H,14-16H2,1-3H3,(H,32,34)(H,35,36)(H,38,39)/t22-,24-,27-/m0/s1. The Balaban J connectivity index is 1.81. The van der Waals surface area contributed by atoms with E-state index in [4.69, 9.17) is 21.4 Å². The summed E-state index contributed by atoms with van der Waals surface area (Å²) in [5.74, 6) is -4.16. The molecule has 210 valence electrons. The Hall–Kier alpha value is -3.95. The summed E-state index contributed by atoms with van der Waals surface area (Å²) in [6, 6.07) is 17.0. The average molecular weight is 567 g/mol. The van der Waals surface area contributed by atoms with E-state index in [0.29, 0.717) is 22.8 Å². The van der Waals surface area contributed by atoms with Crippen molar-refractivity contribution in [3.05, 3.63) is 76.8 Å². The minimum Gasteiger partial charge on any atom is -0.481 e. The molecule has 3 atom stereocenters. The van der Waals surface area contributed by atoms with E-state index in [1.807, 2.05) is 63.2 Å². The predicted molar refractivity (Wildman–Crippen MR) is 150 cm³/mol. The molecule has 0 radical (unpaired) electrons. The van der Waals surface area contributed by atoms with Crippen LogP contribution in [0.15, 0.2) is 60.7 Å². The van der Waals surface area contributed by atoms with Gasteiger partial charge in [0.2, 0.25) is 5.91 Å². The topological polar surface area (TPSA) is 133 Å². The van der Waals surface area contributed by atoms with E-state index >= 15 is 0 Å². The van der Waals surface area contributed by atoms with Crippen LogP contribution in [0, 0.1) is 5.41 Å². The maximum absolute atomic E-state index is 14.0. The van der Waals surface area contributed by atoms with Crippen LogP contribution in [0.3, 0.4) is 0 Å². The van der Waals surface area contributed by atoms with E-state index in [-0.39, 0.29) is 5.41 Å². The molecule has 0 spiro atoms. The molecule has 40 heavy (non-hydrogen) atoms. The first-order valence-electron chi connectivity index (χ1n) is 12.8. The van der Waals surface area contributed by atoms with Crippen molar-refractivity contribution in [2.75, 3.05) is 11.4 Å². The highest BCUT2D eigenvalue weighted by molar-refractivity contribution is 6.30. The first-order chi connectivity index (χ1) is 18.8. The van der Waals surface area contributed by atoms with Gasteiger partial charge in [0.1, 0.15) is 18.2 Å². The molecular weight excluding hydrogens is 536 g/mol. The average Bonchev–Trinajstić information content (AvgIpc) is 2.97. The highest BCUT2D eigenvalue weighted by Crippen LogP contribution is 2.42. The van der Waals surface area contributed by atoms with Crippen molar-refractivity contribution in [1.82, 2.24) is 5.32 Å². The smallest absolute Gasteiger partial charge is 0.326 e. The summed E-state index contributed by atoms with van der Waals surface area (Å²) in [4.78, 5) is 51.3. The first-order valence-corrected chi connectivity index (χ1v) is 13.2. The van der Waals surface area contributed by atoms with Crippen molar-refractivity contribution in [3.63, 3.8) is 0 Å². The molecule has 10 heteroatoms. The van der Waals surface area contributed by atoms with Gasteiger partial charge in [0.25, 0.3) is 5.91 Å². The zero-order valence-electron chi connectivity index (χ0n) is 22.4. The third kappa shape index (κ3) is 6.60. The highest BCUT2D eigenvalue weighted by atomic mass is 35.5. The SMILES string of the molecule is CC(C)(C)CN1C(=O)[C@H](CC(=O)N[C@@H](CC(=O)O)C(=O)O)O[C@@H](c2cccc3ccccc23)c2cc(Cl)ccc21. The number of halogens is 1. The molecule has 2 amide bonds. The number of carboxylic acid groups (broad SMARTS) is 2.